The number of hydrogen-bond acceptors (Lipinski definition) is 5. The second kappa shape index (κ2) is 9.48. The van der Waals surface area contributed by atoms with E-state index in [1.165, 1.54) is 31.2 Å². The lowest BCUT2D eigenvalue weighted by atomic mass is 10.1. The van der Waals surface area contributed by atoms with E-state index < -0.39 is 28.0 Å². The van der Waals surface area contributed by atoms with Crippen LogP contribution in [0.2, 0.25) is 0 Å². The Labute approximate surface area is 165 Å². The third kappa shape index (κ3) is 5.64. The van der Waals surface area contributed by atoms with E-state index in [0.717, 1.165) is 12.0 Å². The van der Waals surface area contributed by atoms with Crippen molar-refractivity contribution >= 4 is 27.6 Å². The average molecular weight is 404 g/mol. The second-order valence-corrected chi connectivity index (χ2v) is 7.88. The van der Waals surface area contributed by atoms with E-state index in [1.54, 1.807) is 19.1 Å². The van der Waals surface area contributed by atoms with Gasteiger partial charge in [-0.3, -0.25) is 4.79 Å². The van der Waals surface area contributed by atoms with Gasteiger partial charge in [-0.05, 0) is 55.3 Å². The van der Waals surface area contributed by atoms with E-state index in [2.05, 4.69) is 10.0 Å². The molecule has 1 amide bonds. The molecule has 1 atom stereocenters. The molecule has 0 aromatic heterocycles. The van der Waals surface area contributed by atoms with E-state index in [0.29, 0.717) is 5.69 Å². The number of nitrogens with one attached hydrogen (secondary N) is 2. The predicted molar refractivity (Wildman–Crippen MR) is 107 cm³/mol. The van der Waals surface area contributed by atoms with Gasteiger partial charge in [0, 0.05) is 12.2 Å². The number of anilines is 1. The van der Waals surface area contributed by atoms with Gasteiger partial charge in [0.15, 0.2) is 6.10 Å². The van der Waals surface area contributed by atoms with E-state index in [-0.39, 0.29) is 17.0 Å². The van der Waals surface area contributed by atoms with E-state index >= 15 is 0 Å². The zero-order valence-corrected chi connectivity index (χ0v) is 16.9. The molecule has 0 aliphatic rings. The lowest BCUT2D eigenvalue weighted by molar-refractivity contribution is -0.123. The lowest BCUT2D eigenvalue weighted by Gasteiger charge is -2.14. The summed E-state index contributed by atoms with van der Waals surface area (Å²) in [7, 11) is -3.60. The Morgan fingerprint density at radius 2 is 1.61 bits per heavy atom. The van der Waals surface area contributed by atoms with Gasteiger partial charge in [-0.15, -0.1) is 0 Å². The zero-order valence-electron chi connectivity index (χ0n) is 16.1. The Morgan fingerprint density at radius 1 is 1.00 bits per heavy atom. The van der Waals surface area contributed by atoms with Gasteiger partial charge in [0.1, 0.15) is 0 Å². The fourth-order valence-corrected chi connectivity index (χ4v) is 3.43. The molecule has 0 radical (unpaired) electrons. The number of carbonyl (C=O) groups is 2. The highest BCUT2D eigenvalue weighted by Gasteiger charge is 2.20. The van der Waals surface area contributed by atoms with Crippen molar-refractivity contribution < 1.29 is 22.7 Å². The number of ether oxygens (including phenoxy) is 1. The smallest absolute Gasteiger partial charge is 0.338 e. The van der Waals surface area contributed by atoms with Gasteiger partial charge >= 0.3 is 5.97 Å². The van der Waals surface area contributed by atoms with Crippen LogP contribution in [-0.4, -0.2) is 32.9 Å². The Morgan fingerprint density at radius 3 is 2.14 bits per heavy atom. The minimum Gasteiger partial charge on any atom is -0.449 e. The first-order chi connectivity index (χ1) is 13.3. The lowest BCUT2D eigenvalue weighted by Crippen LogP contribution is -2.30. The third-order valence-corrected chi connectivity index (χ3v) is 5.58. The van der Waals surface area contributed by atoms with Crippen molar-refractivity contribution in [3.63, 3.8) is 0 Å². The zero-order chi connectivity index (χ0) is 20.7. The summed E-state index contributed by atoms with van der Waals surface area (Å²) in [6, 6.07) is 12.7. The van der Waals surface area contributed by atoms with Crippen LogP contribution in [0.5, 0.6) is 0 Å². The molecular formula is C20H24N2O5S. The highest BCUT2D eigenvalue weighted by molar-refractivity contribution is 7.89. The minimum atomic E-state index is -3.60. The monoisotopic (exact) mass is 404 g/mol. The predicted octanol–water partition coefficient (Wildman–Crippen LogP) is 2.73. The van der Waals surface area contributed by atoms with Crippen LogP contribution < -0.4 is 10.0 Å². The number of sulfonamides is 1. The third-order valence-electron chi connectivity index (χ3n) is 4.02. The fraction of sp³-hybridized carbons (Fsp3) is 0.300. The molecule has 0 heterocycles. The number of carbonyl (C=O) groups excluding carboxylic acids is 2. The normalized spacial score (nSPS) is 12.2. The molecule has 0 unspecified atom stereocenters. The molecule has 7 nitrogen and oxygen atoms in total. The molecule has 150 valence electrons. The maximum Gasteiger partial charge on any atom is 0.338 e. The molecule has 2 N–H and O–H groups in total. The first kappa shape index (κ1) is 21.6. The van der Waals surface area contributed by atoms with Crippen molar-refractivity contribution in [1.82, 2.24) is 4.72 Å². The number of rotatable bonds is 8. The molecule has 2 aromatic carbocycles. The van der Waals surface area contributed by atoms with Gasteiger partial charge in [-0.25, -0.2) is 17.9 Å². The maximum atomic E-state index is 12.2. The van der Waals surface area contributed by atoms with Crippen LogP contribution in [0.25, 0.3) is 0 Å². The second-order valence-electron chi connectivity index (χ2n) is 6.11. The van der Waals surface area contributed by atoms with Gasteiger partial charge in [-0.1, -0.05) is 26.0 Å². The SMILES string of the molecule is CCNS(=O)(=O)c1ccc(C(=O)O[C@H](C)C(=O)Nc2ccc(CC)cc2)cc1. The van der Waals surface area contributed by atoms with Crippen LogP contribution in [-0.2, 0) is 26.0 Å². The molecule has 0 spiro atoms. The summed E-state index contributed by atoms with van der Waals surface area (Å²) in [6.07, 6.45) is -0.111. The van der Waals surface area contributed by atoms with Crippen LogP contribution >= 0.6 is 0 Å². The van der Waals surface area contributed by atoms with Crippen LogP contribution in [0.3, 0.4) is 0 Å². The van der Waals surface area contributed by atoms with Gasteiger partial charge in [-0.2, -0.15) is 0 Å². The molecule has 2 aromatic rings. The van der Waals surface area contributed by atoms with Crippen LogP contribution in [0, 0.1) is 0 Å². The summed E-state index contributed by atoms with van der Waals surface area (Å²) in [5.74, 6) is -1.17. The van der Waals surface area contributed by atoms with E-state index in [9.17, 15) is 18.0 Å². The molecule has 0 fully saturated rings. The Hall–Kier alpha value is -2.71. The summed E-state index contributed by atoms with van der Waals surface area (Å²) in [5.41, 5.74) is 1.92. The number of esters is 1. The Bertz CT molecular complexity index is 922. The summed E-state index contributed by atoms with van der Waals surface area (Å²) in [5, 5.41) is 2.69. The van der Waals surface area contributed by atoms with Gasteiger partial charge in [0.25, 0.3) is 5.91 Å². The van der Waals surface area contributed by atoms with Crippen LogP contribution in [0.15, 0.2) is 53.4 Å². The van der Waals surface area contributed by atoms with E-state index in [1.807, 2.05) is 19.1 Å². The quantitative estimate of drug-likeness (QED) is 0.659. The molecule has 8 heteroatoms. The molecule has 2 rings (SSSR count). The van der Waals surface area contributed by atoms with Gasteiger partial charge in [0.05, 0.1) is 10.5 Å². The van der Waals surface area contributed by atoms with Crippen molar-refractivity contribution in [2.75, 3.05) is 11.9 Å². The highest BCUT2D eigenvalue weighted by Crippen LogP contribution is 2.14. The first-order valence-electron chi connectivity index (χ1n) is 8.97. The van der Waals surface area contributed by atoms with Crippen LogP contribution in [0.4, 0.5) is 5.69 Å². The van der Waals surface area contributed by atoms with Crippen LogP contribution in [0.1, 0.15) is 36.7 Å². The topological polar surface area (TPSA) is 102 Å². The standard InChI is InChI=1S/C20H24N2O5S/c1-4-15-6-10-17(11-7-15)22-19(23)14(3)27-20(24)16-8-12-18(13-9-16)28(25,26)21-5-2/h6-14,21H,4-5H2,1-3H3,(H,22,23)/t14-/m1/s1. The largest absolute Gasteiger partial charge is 0.449 e. The van der Waals surface area contributed by atoms with E-state index in [4.69, 9.17) is 4.74 Å². The summed E-state index contributed by atoms with van der Waals surface area (Å²) in [6.45, 7) is 5.45. The maximum absolute atomic E-state index is 12.2. The molecule has 0 bridgehead atoms. The van der Waals surface area contributed by atoms with Gasteiger partial charge < -0.3 is 10.1 Å². The van der Waals surface area contributed by atoms with Crippen molar-refractivity contribution in [2.24, 2.45) is 0 Å². The van der Waals surface area contributed by atoms with Crippen molar-refractivity contribution in [1.29, 1.82) is 0 Å². The molecule has 0 saturated carbocycles. The molecule has 0 aliphatic carbocycles. The van der Waals surface area contributed by atoms with Crippen molar-refractivity contribution in [3.05, 3.63) is 59.7 Å². The Kier molecular flexibility index (Phi) is 7.31. The molecular weight excluding hydrogens is 380 g/mol. The number of amides is 1. The number of hydrogen-bond donors (Lipinski definition) is 2. The average Bonchev–Trinajstić information content (AvgIpc) is 2.68. The first-order valence-corrected chi connectivity index (χ1v) is 10.5. The molecule has 0 aliphatic heterocycles. The molecule has 28 heavy (non-hydrogen) atoms. The van der Waals surface area contributed by atoms with Crippen molar-refractivity contribution in [3.8, 4) is 0 Å². The Balaban J connectivity index is 1.98. The minimum absolute atomic E-state index is 0.0483. The summed E-state index contributed by atoms with van der Waals surface area (Å²) in [4.78, 5) is 24.5. The van der Waals surface area contributed by atoms with Gasteiger partial charge in [0.2, 0.25) is 10.0 Å². The molecule has 0 saturated heterocycles. The highest BCUT2D eigenvalue weighted by atomic mass is 32.2. The summed E-state index contributed by atoms with van der Waals surface area (Å²) >= 11 is 0. The summed E-state index contributed by atoms with van der Waals surface area (Å²) < 4.78 is 31.4. The van der Waals surface area contributed by atoms with Crippen molar-refractivity contribution in [2.45, 2.75) is 38.2 Å². The number of benzene rings is 2. The fourth-order valence-electron chi connectivity index (χ4n) is 2.39. The number of aryl methyl sites for hydroxylation is 1.